The molecule has 0 aliphatic carbocycles. The molecule has 0 fully saturated rings. The van der Waals surface area contributed by atoms with Crippen LogP contribution in [-0.4, -0.2) is 29.7 Å². The van der Waals surface area contributed by atoms with Crippen LogP contribution in [0, 0.1) is 0 Å². The first-order valence-corrected chi connectivity index (χ1v) is 8.24. The molecular weight excluding hydrogens is 276 g/mol. The maximum absolute atomic E-state index is 12.2. The lowest BCUT2D eigenvalue weighted by Gasteiger charge is -2.17. The molecule has 1 amide bonds. The highest BCUT2D eigenvalue weighted by Crippen LogP contribution is 2.23. The number of carbonyl (C=O) groups excluding carboxylic acids is 1. The van der Waals surface area contributed by atoms with E-state index in [1.807, 2.05) is 38.1 Å². The average Bonchev–Trinajstić information content (AvgIpc) is 2.47. The van der Waals surface area contributed by atoms with Crippen LogP contribution in [0.2, 0.25) is 0 Å². The molecule has 0 saturated carbocycles. The predicted molar refractivity (Wildman–Crippen MR) is 92.2 cm³/mol. The first-order valence-electron chi connectivity index (χ1n) is 8.24. The molecule has 1 aromatic rings. The number of rotatable bonds is 9. The number of para-hydroxylation sites is 1. The number of anilines is 1. The largest absolute Gasteiger partial charge is 0.393 e. The molecule has 0 heterocycles. The predicted octanol–water partition coefficient (Wildman–Crippen LogP) is 3.28. The van der Waals surface area contributed by atoms with Gasteiger partial charge in [0, 0.05) is 18.2 Å². The van der Waals surface area contributed by atoms with Gasteiger partial charge in [-0.25, -0.2) is 0 Å². The highest BCUT2D eigenvalue weighted by molar-refractivity contribution is 5.91. The Balaban J connectivity index is 2.43. The van der Waals surface area contributed by atoms with Crippen molar-refractivity contribution in [3.63, 3.8) is 0 Å². The first-order chi connectivity index (χ1) is 10.4. The second-order valence-electron chi connectivity index (χ2n) is 6.20. The smallest absolute Gasteiger partial charge is 0.225 e. The molecule has 2 unspecified atom stereocenters. The van der Waals surface area contributed by atoms with E-state index >= 15 is 0 Å². The minimum absolute atomic E-state index is 0.0177. The molecule has 22 heavy (non-hydrogen) atoms. The zero-order valence-electron chi connectivity index (χ0n) is 14.2. The molecule has 1 aromatic carbocycles. The van der Waals surface area contributed by atoms with Gasteiger partial charge in [0.25, 0.3) is 0 Å². The Bertz CT molecular complexity index is 460. The second kappa shape index (κ2) is 9.59. The summed E-state index contributed by atoms with van der Waals surface area (Å²) in [5, 5.41) is 15.8. The molecule has 0 aromatic heterocycles. The van der Waals surface area contributed by atoms with Gasteiger partial charge in [-0.1, -0.05) is 39.0 Å². The van der Waals surface area contributed by atoms with Crippen LogP contribution >= 0.6 is 0 Å². The lowest BCUT2D eigenvalue weighted by atomic mass is 10.0. The summed E-state index contributed by atoms with van der Waals surface area (Å²) in [6.07, 6.45) is 1.65. The average molecular weight is 306 g/mol. The van der Waals surface area contributed by atoms with Crippen molar-refractivity contribution in [3.8, 4) is 0 Å². The lowest BCUT2D eigenvalue weighted by molar-refractivity contribution is -0.116. The summed E-state index contributed by atoms with van der Waals surface area (Å²) in [6, 6.07) is 8.02. The third-order valence-electron chi connectivity index (χ3n) is 3.79. The molecular formula is C18H30N2O2. The maximum Gasteiger partial charge on any atom is 0.225 e. The molecule has 0 radical (unpaired) electrons. The normalized spacial score (nSPS) is 13.9. The SMILES string of the molecule is CCC(O)CCNC(C)CC(=O)Nc1ccccc1C(C)C. The van der Waals surface area contributed by atoms with Gasteiger partial charge < -0.3 is 15.7 Å². The Morgan fingerprint density at radius 3 is 2.55 bits per heavy atom. The van der Waals surface area contributed by atoms with Gasteiger partial charge in [-0.2, -0.15) is 0 Å². The molecule has 124 valence electrons. The summed E-state index contributed by atoms with van der Waals surface area (Å²) in [6.45, 7) is 8.93. The minimum Gasteiger partial charge on any atom is -0.393 e. The molecule has 1 rings (SSSR count). The van der Waals surface area contributed by atoms with Crippen LogP contribution in [0.1, 0.15) is 58.4 Å². The zero-order chi connectivity index (χ0) is 16.5. The van der Waals surface area contributed by atoms with Gasteiger partial charge in [-0.05, 0) is 43.9 Å². The Hall–Kier alpha value is -1.39. The molecule has 0 bridgehead atoms. The summed E-state index contributed by atoms with van der Waals surface area (Å²) in [5.41, 5.74) is 2.05. The van der Waals surface area contributed by atoms with Gasteiger partial charge in [0.2, 0.25) is 5.91 Å². The van der Waals surface area contributed by atoms with Crippen molar-refractivity contribution in [2.75, 3.05) is 11.9 Å². The Morgan fingerprint density at radius 1 is 1.23 bits per heavy atom. The van der Waals surface area contributed by atoms with Crippen molar-refractivity contribution in [2.45, 2.75) is 65.0 Å². The highest BCUT2D eigenvalue weighted by atomic mass is 16.3. The van der Waals surface area contributed by atoms with E-state index in [-0.39, 0.29) is 18.1 Å². The van der Waals surface area contributed by atoms with Crippen LogP contribution in [0.4, 0.5) is 5.69 Å². The van der Waals surface area contributed by atoms with Crippen LogP contribution in [0.15, 0.2) is 24.3 Å². The highest BCUT2D eigenvalue weighted by Gasteiger charge is 2.12. The van der Waals surface area contributed by atoms with E-state index in [2.05, 4.69) is 24.5 Å². The van der Waals surface area contributed by atoms with Crippen molar-refractivity contribution < 1.29 is 9.90 Å². The number of hydrogen-bond donors (Lipinski definition) is 3. The van der Waals surface area contributed by atoms with Gasteiger partial charge in [0.15, 0.2) is 0 Å². The van der Waals surface area contributed by atoms with Crippen molar-refractivity contribution in [3.05, 3.63) is 29.8 Å². The summed E-state index contributed by atoms with van der Waals surface area (Å²) in [5.74, 6) is 0.395. The fraction of sp³-hybridized carbons (Fsp3) is 0.611. The monoisotopic (exact) mass is 306 g/mol. The summed E-state index contributed by atoms with van der Waals surface area (Å²) in [4.78, 5) is 12.2. The number of hydrogen-bond acceptors (Lipinski definition) is 3. The van der Waals surface area contributed by atoms with Gasteiger partial charge >= 0.3 is 0 Å². The number of amides is 1. The second-order valence-corrected chi connectivity index (χ2v) is 6.20. The van der Waals surface area contributed by atoms with Gasteiger partial charge in [0.1, 0.15) is 0 Å². The maximum atomic E-state index is 12.2. The van der Waals surface area contributed by atoms with Gasteiger partial charge in [-0.15, -0.1) is 0 Å². The fourth-order valence-corrected chi connectivity index (χ4v) is 2.37. The standard InChI is InChI=1S/C18H30N2O2/c1-5-15(21)10-11-19-14(4)12-18(22)20-17-9-7-6-8-16(17)13(2)3/h6-9,13-15,19,21H,5,10-12H2,1-4H3,(H,20,22). The topological polar surface area (TPSA) is 61.4 Å². The summed E-state index contributed by atoms with van der Waals surface area (Å²) in [7, 11) is 0. The van der Waals surface area contributed by atoms with Crippen LogP contribution in [0.25, 0.3) is 0 Å². The fourth-order valence-electron chi connectivity index (χ4n) is 2.37. The molecule has 0 spiro atoms. The van der Waals surface area contributed by atoms with E-state index in [1.165, 1.54) is 0 Å². The van der Waals surface area contributed by atoms with Gasteiger partial charge in [-0.3, -0.25) is 4.79 Å². The van der Waals surface area contributed by atoms with Crippen LogP contribution in [0.3, 0.4) is 0 Å². The first kappa shape index (κ1) is 18.7. The number of aliphatic hydroxyl groups is 1. The van der Waals surface area contributed by atoms with E-state index in [4.69, 9.17) is 0 Å². The number of benzene rings is 1. The quantitative estimate of drug-likeness (QED) is 0.656. The number of nitrogens with one attached hydrogen (secondary N) is 2. The Labute approximate surface area is 134 Å². The van der Waals surface area contributed by atoms with Crippen molar-refractivity contribution in [2.24, 2.45) is 0 Å². The molecule has 4 heteroatoms. The number of aliphatic hydroxyl groups excluding tert-OH is 1. The third kappa shape index (κ3) is 6.58. The Kier molecular flexibility index (Phi) is 8.13. The molecule has 0 aliphatic rings. The van der Waals surface area contributed by atoms with Crippen molar-refractivity contribution in [1.29, 1.82) is 0 Å². The summed E-state index contributed by atoms with van der Waals surface area (Å²) >= 11 is 0. The molecule has 2 atom stereocenters. The summed E-state index contributed by atoms with van der Waals surface area (Å²) < 4.78 is 0. The number of carbonyl (C=O) groups is 1. The van der Waals surface area contributed by atoms with Crippen LogP contribution in [0.5, 0.6) is 0 Å². The zero-order valence-corrected chi connectivity index (χ0v) is 14.2. The molecule has 3 N–H and O–H groups in total. The van der Waals surface area contributed by atoms with E-state index in [9.17, 15) is 9.90 Å². The third-order valence-corrected chi connectivity index (χ3v) is 3.79. The Morgan fingerprint density at radius 2 is 1.91 bits per heavy atom. The van der Waals surface area contributed by atoms with E-state index in [0.29, 0.717) is 12.3 Å². The molecule has 0 aliphatic heterocycles. The van der Waals surface area contributed by atoms with Crippen LogP contribution < -0.4 is 10.6 Å². The van der Waals surface area contributed by atoms with Crippen LogP contribution in [-0.2, 0) is 4.79 Å². The van der Waals surface area contributed by atoms with E-state index in [0.717, 1.165) is 30.6 Å². The molecule has 0 saturated heterocycles. The lowest BCUT2D eigenvalue weighted by Crippen LogP contribution is -2.32. The van der Waals surface area contributed by atoms with E-state index in [1.54, 1.807) is 0 Å². The van der Waals surface area contributed by atoms with Crippen molar-refractivity contribution in [1.82, 2.24) is 5.32 Å². The minimum atomic E-state index is -0.258. The van der Waals surface area contributed by atoms with Gasteiger partial charge in [0.05, 0.1) is 6.10 Å². The van der Waals surface area contributed by atoms with Crippen molar-refractivity contribution >= 4 is 11.6 Å². The van der Waals surface area contributed by atoms with E-state index < -0.39 is 0 Å². The molecule has 4 nitrogen and oxygen atoms in total.